The Kier molecular flexibility index (Phi) is 4.75. The number of Topliss-reactive ketones (excluding diaryl/α,β-unsaturated/α-hetero) is 1. The molecule has 0 spiro atoms. The van der Waals surface area contributed by atoms with Crippen molar-refractivity contribution >= 4 is 39.4 Å². The number of nitrogens with two attached hydrogens (primary N) is 1. The number of nitrogens with zero attached hydrogens (tertiary/aromatic N) is 5. The molecule has 4 rings (SSSR count). The molecule has 8 nitrogen and oxygen atoms in total. The topological polar surface area (TPSA) is 108 Å². The highest BCUT2D eigenvalue weighted by molar-refractivity contribution is 7.09. The predicted molar refractivity (Wildman–Crippen MR) is 112 cm³/mol. The van der Waals surface area contributed by atoms with E-state index >= 15 is 0 Å². The number of rotatable bonds is 5. The minimum Gasteiger partial charge on any atom is -0.496 e. The van der Waals surface area contributed by atoms with Crippen molar-refractivity contribution in [2.24, 2.45) is 5.73 Å². The molecule has 0 radical (unpaired) electrons. The third kappa shape index (κ3) is 3.33. The molecule has 0 saturated carbocycles. The van der Waals surface area contributed by atoms with Gasteiger partial charge < -0.3 is 10.5 Å². The zero-order valence-electron chi connectivity index (χ0n) is 16.6. The Morgan fingerprint density at radius 3 is 2.69 bits per heavy atom. The molecule has 148 valence electrons. The summed E-state index contributed by atoms with van der Waals surface area (Å²) in [6.45, 7) is 5.16. The SMILES string of the molecule is COc1cc2c(cc1C(C(C)=O)=C(C)N)ncc1nnc(Cc3csc(C)n3)n12. The van der Waals surface area contributed by atoms with Crippen LogP contribution in [0.2, 0.25) is 0 Å². The molecule has 29 heavy (non-hydrogen) atoms. The second-order valence-corrected chi connectivity index (χ2v) is 7.82. The molecular weight excluding hydrogens is 388 g/mol. The van der Waals surface area contributed by atoms with E-state index in [1.54, 1.807) is 31.6 Å². The van der Waals surface area contributed by atoms with Crippen molar-refractivity contribution in [3.05, 3.63) is 51.5 Å². The standard InChI is InChI=1S/C20H20N6O2S/c1-10(21)20(11(2)27)14-6-15-16(7-17(14)28-4)26-18(24-25-19(26)8-22-15)5-13-9-29-12(3)23-13/h6-9H,5,21H2,1-4H3. The maximum absolute atomic E-state index is 12.2. The molecule has 2 N–H and O–H groups in total. The Hall–Kier alpha value is -3.33. The van der Waals surface area contributed by atoms with Gasteiger partial charge in [-0.1, -0.05) is 0 Å². The van der Waals surface area contributed by atoms with Gasteiger partial charge in [-0.05, 0) is 26.8 Å². The second-order valence-electron chi connectivity index (χ2n) is 6.76. The van der Waals surface area contributed by atoms with Crippen molar-refractivity contribution in [3.8, 4) is 5.75 Å². The molecule has 0 fully saturated rings. The van der Waals surface area contributed by atoms with E-state index in [-0.39, 0.29) is 5.78 Å². The number of aryl methyl sites for hydroxylation is 1. The molecule has 0 saturated heterocycles. The minimum atomic E-state index is -0.132. The quantitative estimate of drug-likeness (QED) is 0.506. The number of hydrogen-bond acceptors (Lipinski definition) is 8. The number of ketones is 1. The first-order valence-electron chi connectivity index (χ1n) is 8.98. The van der Waals surface area contributed by atoms with Crippen LogP contribution in [0.4, 0.5) is 0 Å². The smallest absolute Gasteiger partial charge is 0.179 e. The maximum atomic E-state index is 12.2. The summed E-state index contributed by atoms with van der Waals surface area (Å²) >= 11 is 1.60. The summed E-state index contributed by atoms with van der Waals surface area (Å²) in [6, 6.07) is 3.66. The Labute approximate surface area is 171 Å². The molecular formula is C20H20N6O2S. The van der Waals surface area contributed by atoms with Crippen LogP contribution in [0.25, 0.3) is 22.3 Å². The van der Waals surface area contributed by atoms with Crippen molar-refractivity contribution in [1.29, 1.82) is 0 Å². The van der Waals surface area contributed by atoms with E-state index < -0.39 is 0 Å². The van der Waals surface area contributed by atoms with E-state index in [1.165, 1.54) is 6.92 Å². The van der Waals surface area contributed by atoms with Gasteiger partial charge in [0, 0.05) is 28.3 Å². The van der Waals surface area contributed by atoms with E-state index in [2.05, 4.69) is 20.2 Å². The van der Waals surface area contributed by atoms with Gasteiger partial charge in [0.25, 0.3) is 0 Å². The molecule has 3 aromatic heterocycles. The molecule has 0 unspecified atom stereocenters. The van der Waals surface area contributed by atoms with Gasteiger partial charge >= 0.3 is 0 Å². The molecule has 0 bridgehead atoms. The van der Waals surface area contributed by atoms with Gasteiger partial charge in [-0.25, -0.2) is 4.98 Å². The number of benzene rings is 1. The first-order chi connectivity index (χ1) is 13.9. The zero-order valence-corrected chi connectivity index (χ0v) is 17.4. The van der Waals surface area contributed by atoms with Crippen LogP contribution in [0, 0.1) is 6.92 Å². The number of aromatic nitrogens is 5. The summed E-state index contributed by atoms with van der Waals surface area (Å²) in [6.07, 6.45) is 2.21. The average Bonchev–Trinajstić information content (AvgIpc) is 3.27. The van der Waals surface area contributed by atoms with Gasteiger partial charge in [-0.3, -0.25) is 14.2 Å². The summed E-state index contributed by atoms with van der Waals surface area (Å²) < 4.78 is 7.53. The lowest BCUT2D eigenvalue weighted by atomic mass is 9.99. The average molecular weight is 408 g/mol. The van der Waals surface area contributed by atoms with Gasteiger partial charge in [0.1, 0.15) is 11.6 Å². The molecule has 1 aromatic carbocycles. The minimum absolute atomic E-state index is 0.132. The number of fused-ring (bicyclic) bond motifs is 3. The van der Waals surface area contributed by atoms with Gasteiger partial charge in [0.05, 0.1) is 41.5 Å². The fraction of sp³-hybridized carbons (Fsp3) is 0.250. The molecule has 0 aliphatic heterocycles. The first-order valence-corrected chi connectivity index (χ1v) is 9.86. The fourth-order valence-electron chi connectivity index (χ4n) is 3.45. The number of hydrogen-bond donors (Lipinski definition) is 1. The Bertz CT molecular complexity index is 1280. The number of carbonyl (C=O) groups is 1. The number of thiazole rings is 1. The van der Waals surface area contributed by atoms with Crippen LogP contribution in [0.15, 0.2) is 29.4 Å². The van der Waals surface area contributed by atoms with Crippen LogP contribution in [0.1, 0.15) is 35.9 Å². The molecule has 9 heteroatoms. The molecule has 4 aromatic rings. The third-order valence-electron chi connectivity index (χ3n) is 4.63. The lowest BCUT2D eigenvalue weighted by Gasteiger charge is -2.14. The summed E-state index contributed by atoms with van der Waals surface area (Å²) in [5, 5.41) is 11.6. The summed E-state index contributed by atoms with van der Waals surface area (Å²) in [4.78, 5) is 21.2. The van der Waals surface area contributed by atoms with E-state index in [0.717, 1.165) is 22.0 Å². The molecule has 0 aliphatic rings. The van der Waals surface area contributed by atoms with E-state index in [4.69, 9.17) is 10.5 Å². The van der Waals surface area contributed by atoms with Crippen molar-refractivity contribution in [2.45, 2.75) is 27.2 Å². The highest BCUT2D eigenvalue weighted by atomic mass is 32.1. The highest BCUT2D eigenvalue weighted by Gasteiger charge is 2.19. The summed E-state index contributed by atoms with van der Waals surface area (Å²) in [5.74, 6) is 1.16. The van der Waals surface area contributed by atoms with Crippen molar-refractivity contribution in [2.75, 3.05) is 7.11 Å². The zero-order chi connectivity index (χ0) is 20.7. The second kappa shape index (κ2) is 7.25. The Morgan fingerprint density at radius 1 is 1.28 bits per heavy atom. The van der Waals surface area contributed by atoms with Gasteiger partial charge in [-0.2, -0.15) is 0 Å². The first kappa shape index (κ1) is 19.0. The van der Waals surface area contributed by atoms with Crippen LogP contribution < -0.4 is 10.5 Å². The van der Waals surface area contributed by atoms with Gasteiger partial charge in [-0.15, -0.1) is 21.5 Å². The van der Waals surface area contributed by atoms with Crippen LogP contribution in [0.5, 0.6) is 5.75 Å². The maximum Gasteiger partial charge on any atom is 0.179 e. The molecule has 0 amide bonds. The third-order valence-corrected chi connectivity index (χ3v) is 5.46. The van der Waals surface area contributed by atoms with Crippen LogP contribution in [0.3, 0.4) is 0 Å². The number of ether oxygens (including phenoxy) is 1. The van der Waals surface area contributed by atoms with Gasteiger partial charge in [0.15, 0.2) is 11.4 Å². The Balaban J connectivity index is 1.96. The van der Waals surface area contributed by atoms with Crippen LogP contribution in [-0.4, -0.2) is 37.5 Å². The number of methoxy groups -OCH3 is 1. The fourth-order valence-corrected chi connectivity index (χ4v) is 4.07. The van der Waals surface area contributed by atoms with E-state index in [0.29, 0.717) is 40.2 Å². The van der Waals surface area contributed by atoms with Crippen LogP contribution in [-0.2, 0) is 11.2 Å². The monoisotopic (exact) mass is 408 g/mol. The lowest BCUT2D eigenvalue weighted by Crippen LogP contribution is -2.07. The van der Waals surface area contributed by atoms with Gasteiger partial charge in [0.2, 0.25) is 0 Å². The van der Waals surface area contributed by atoms with Crippen molar-refractivity contribution < 1.29 is 9.53 Å². The van der Waals surface area contributed by atoms with Crippen molar-refractivity contribution in [3.63, 3.8) is 0 Å². The summed E-state index contributed by atoms with van der Waals surface area (Å²) in [7, 11) is 1.56. The molecule has 0 aliphatic carbocycles. The molecule has 3 heterocycles. The lowest BCUT2D eigenvalue weighted by molar-refractivity contribution is -0.111. The predicted octanol–water partition coefficient (Wildman–Crippen LogP) is 2.92. The van der Waals surface area contributed by atoms with Crippen LogP contribution >= 0.6 is 11.3 Å². The largest absolute Gasteiger partial charge is 0.496 e. The Morgan fingerprint density at radius 2 is 2.07 bits per heavy atom. The van der Waals surface area contributed by atoms with E-state index in [1.807, 2.05) is 28.8 Å². The molecule has 0 atom stereocenters. The number of allylic oxidation sites excluding steroid dienone is 2. The number of carbonyl (C=O) groups excluding carboxylic acids is 1. The van der Waals surface area contributed by atoms with E-state index in [9.17, 15) is 4.79 Å². The highest BCUT2D eigenvalue weighted by Crippen LogP contribution is 2.32. The summed E-state index contributed by atoms with van der Waals surface area (Å²) in [5.41, 5.74) is 10.5. The van der Waals surface area contributed by atoms with Crippen molar-refractivity contribution in [1.82, 2.24) is 24.6 Å². The normalized spacial score (nSPS) is 12.4.